The van der Waals surface area contributed by atoms with Crippen molar-refractivity contribution < 1.29 is 14.6 Å². The summed E-state index contributed by atoms with van der Waals surface area (Å²) in [5.41, 5.74) is 4.32. The molecule has 1 aromatic heterocycles. The second-order valence-electron chi connectivity index (χ2n) is 8.46. The molecule has 0 atom stereocenters. The number of nitrogens with zero attached hydrogens (tertiary/aromatic N) is 3. The molecule has 2 N–H and O–H groups in total. The first kappa shape index (κ1) is 21.7. The van der Waals surface area contributed by atoms with Gasteiger partial charge in [-0.15, -0.1) is 0 Å². The zero-order valence-corrected chi connectivity index (χ0v) is 19.3. The molecule has 170 valence electrons. The predicted octanol–water partition coefficient (Wildman–Crippen LogP) is 4.70. The molecule has 0 unspecified atom stereocenters. The van der Waals surface area contributed by atoms with Crippen LogP contribution in [0.5, 0.6) is 5.75 Å². The van der Waals surface area contributed by atoms with E-state index in [1.54, 1.807) is 31.3 Å². The first-order valence-corrected chi connectivity index (χ1v) is 11.9. The van der Waals surface area contributed by atoms with E-state index in [2.05, 4.69) is 44.5 Å². The van der Waals surface area contributed by atoms with Gasteiger partial charge >= 0.3 is 5.97 Å². The average Bonchev–Trinajstić information content (AvgIpc) is 2.83. The molecule has 2 aliphatic rings. The van der Waals surface area contributed by atoms with Crippen LogP contribution in [0.4, 0.5) is 11.5 Å². The second-order valence-corrected chi connectivity index (χ2v) is 9.49. The topological polar surface area (TPSA) is 87.6 Å². The second kappa shape index (κ2) is 9.41. The van der Waals surface area contributed by atoms with Crippen molar-refractivity contribution in [2.75, 3.05) is 25.5 Å². The molecular weight excluding hydrogens is 436 g/mol. The Morgan fingerprint density at radius 1 is 1.18 bits per heavy atom. The number of anilines is 2. The number of carboxylic acid groups (broad SMARTS) is 1. The van der Waals surface area contributed by atoms with Crippen LogP contribution in [0.3, 0.4) is 0 Å². The monoisotopic (exact) mass is 462 g/mol. The van der Waals surface area contributed by atoms with E-state index in [4.69, 9.17) is 4.74 Å². The Balaban J connectivity index is 1.22. The molecule has 33 heavy (non-hydrogen) atoms. The fourth-order valence-electron chi connectivity index (χ4n) is 4.62. The summed E-state index contributed by atoms with van der Waals surface area (Å²) in [6.07, 6.45) is 5.52. The van der Waals surface area contributed by atoms with Crippen molar-refractivity contribution in [1.29, 1.82) is 0 Å². The summed E-state index contributed by atoms with van der Waals surface area (Å²) in [6.45, 7) is 2.93. The lowest BCUT2D eigenvalue weighted by molar-refractivity contribution is -0.136. The van der Waals surface area contributed by atoms with Gasteiger partial charge in [-0.25, -0.2) is 9.97 Å². The third-order valence-electron chi connectivity index (χ3n) is 6.28. The van der Waals surface area contributed by atoms with Crippen LogP contribution in [0, 0.1) is 0 Å². The van der Waals surface area contributed by atoms with Crippen LogP contribution in [0.15, 0.2) is 58.7 Å². The van der Waals surface area contributed by atoms with E-state index in [1.807, 2.05) is 12.1 Å². The number of fused-ring (bicyclic) bond motifs is 2. The first-order chi connectivity index (χ1) is 16.1. The molecular formula is C25H26N4O3S. The fourth-order valence-corrected chi connectivity index (χ4v) is 5.49. The quantitative estimate of drug-likeness (QED) is 0.426. The van der Waals surface area contributed by atoms with Crippen LogP contribution < -0.4 is 10.1 Å². The minimum Gasteiger partial charge on any atom is -0.496 e. The van der Waals surface area contributed by atoms with Gasteiger partial charge in [-0.3, -0.25) is 9.69 Å². The highest BCUT2D eigenvalue weighted by Gasteiger charge is 2.23. The number of likely N-dealkylation sites (tertiary alicyclic amines) is 1. The van der Waals surface area contributed by atoms with Crippen molar-refractivity contribution in [2.45, 2.75) is 41.6 Å². The Hall–Kier alpha value is -3.10. The van der Waals surface area contributed by atoms with Crippen molar-refractivity contribution in [1.82, 2.24) is 14.9 Å². The highest BCUT2D eigenvalue weighted by Crippen LogP contribution is 2.42. The van der Waals surface area contributed by atoms with E-state index < -0.39 is 5.97 Å². The van der Waals surface area contributed by atoms with Gasteiger partial charge in [0.05, 0.1) is 19.2 Å². The summed E-state index contributed by atoms with van der Waals surface area (Å²) in [7, 11) is 1.58. The van der Waals surface area contributed by atoms with E-state index in [1.165, 1.54) is 16.0 Å². The number of hydrogen-bond acceptors (Lipinski definition) is 7. The molecule has 0 amide bonds. The average molecular weight is 463 g/mol. The van der Waals surface area contributed by atoms with Crippen LogP contribution >= 0.6 is 11.8 Å². The zero-order chi connectivity index (χ0) is 22.8. The minimum atomic E-state index is -0.839. The standard InChI is InChI=1S/C25H26N4O3S/c1-32-21-4-3-18(13-19(21)14-23(30)31)17-6-10-29(11-7-17)15-16-2-5-22-20(12-16)28-24-25(33-22)27-9-8-26-24/h2-5,8-9,12-13,17H,6-7,10-11,14-15H2,1H3,(H,26,28)(H,30,31). The molecule has 7 nitrogen and oxygen atoms in total. The molecule has 0 aliphatic carbocycles. The van der Waals surface area contributed by atoms with Gasteiger partial charge in [0.2, 0.25) is 0 Å². The molecule has 8 heteroatoms. The molecule has 5 rings (SSSR count). The third-order valence-corrected chi connectivity index (χ3v) is 7.35. The zero-order valence-electron chi connectivity index (χ0n) is 18.5. The lowest BCUT2D eigenvalue weighted by Gasteiger charge is -2.32. The molecule has 2 aromatic carbocycles. The van der Waals surface area contributed by atoms with E-state index in [-0.39, 0.29) is 6.42 Å². The van der Waals surface area contributed by atoms with Crippen molar-refractivity contribution in [2.24, 2.45) is 0 Å². The number of carboxylic acids is 1. The summed E-state index contributed by atoms with van der Waals surface area (Å²) in [6, 6.07) is 12.6. The van der Waals surface area contributed by atoms with Crippen LogP contribution in [-0.4, -0.2) is 46.1 Å². The maximum atomic E-state index is 11.2. The highest BCUT2D eigenvalue weighted by atomic mass is 32.2. The molecule has 1 fully saturated rings. The Kier molecular flexibility index (Phi) is 6.20. The van der Waals surface area contributed by atoms with Crippen LogP contribution in [-0.2, 0) is 17.8 Å². The van der Waals surface area contributed by atoms with E-state index in [0.29, 0.717) is 11.7 Å². The molecule has 3 heterocycles. The lowest BCUT2D eigenvalue weighted by atomic mass is 9.88. The molecule has 3 aromatic rings. The van der Waals surface area contributed by atoms with Gasteiger partial charge in [-0.05, 0) is 61.2 Å². The van der Waals surface area contributed by atoms with E-state index >= 15 is 0 Å². The van der Waals surface area contributed by atoms with Crippen molar-refractivity contribution in [3.63, 3.8) is 0 Å². The maximum absolute atomic E-state index is 11.2. The summed E-state index contributed by atoms with van der Waals surface area (Å²) < 4.78 is 5.35. The molecule has 0 spiro atoms. The number of carbonyl (C=O) groups is 1. The Morgan fingerprint density at radius 3 is 2.79 bits per heavy atom. The van der Waals surface area contributed by atoms with Crippen LogP contribution in [0.2, 0.25) is 0 Å². The van der Waals surface area contributed by atoms with E-state index in [9.17, 15) is 9.90 Å². The van der Waals surface area contributed by atoms with Crippen molar-refractivity contribution >= 4 is 29.2 Å². The lowest BCUT2D eigenvalue weighted by Crippen LogP contribution is -2.32. The molecule has 1 saturated heterocycles. The first-order valence-electron chi connectivity index (χ1n) is 11.1. The minimum absolute atomic E-state index is 0.0173. The van der Waals surface area contributed by atoms with Crippen LogP contribution in [0.1, 0.15) is 35.4 Å². The molecule has 0 bridgehead atoms. The fraction of sp³-hybridized carbons (Fsp3) is 0.320. The summed E-state index contributed by atoms with van der Waals surface area (Å²) >= 11 is 1.65. The van der Waals surface area contributed by atoms with Gasteiger partial charge in [-0.1, -0.05) is 30.0 Å². The summed E-state index contributed by atoms with van der Waals surface area (Å²) in [5.74, 6) is 1.06. The summed E-state index contributed by atoms with van der Waals surface area (Å²) in [5, 5.41) is 13.5. The largest absolute Gasteiger partial charge is 0.496 e. The molecule has 0 saturated carbocycles. The van der Waals surface area contributed by atoms with Gasteiger partial charge in [0.1, 0.15) is 10.8 Å². The number of ether oxygens (including phenoxy) is 1. The van der Waals surface area contributed by atoms with Gasteiger partial charge in [0.15, 0.2) is 5.82 Å². The van der Waals surface area contributed by atoms with Crippen LogP contribution in [0.25, 0.3) is 0 Å². The van der Waals surface area contributed by atoms with Gasteiger partial charge in [-0.2, -0.15) is 0 Å². The number of methoxy groups -OCH3 is 1. The Morgan fingerprint density at radius 2 is 2.00 bits per heavy atom. The SMILES string of the molecule is COc1ccc(C2CCN(Cc3ccc4c(c3)Nc3nccnc3S4)CC2)cc1CC(=O)O. The number of aromatic nitrogens is 2. The van der Waals surface area contributed by atoms with Gasteiger partial charge in [0, 0.05) is 29.4 Å². The van der Waals surface area contributed by atoms with Crippen molar-refractivity contribution in [3.8, 4) is 5.75 Å². The van der Waals surface area contributed by atoms with Crippen molar-refractivity contribution in [3.05, 3.63) is 65.5 Å². The maximum Gasteiger partial charge on any atom is 0.307 e. The molecule has 2 aliphatic heterocycles. The van der Waals surface area contributed by atoms with Gasteiger partial charge in [0.25, 0.3) is 0 Å². The predicted molar refractivity (Wildman–Crippen MR) is 127 cm³/mol. The number of piperidine rings is 1. The highest BCUT2D eigenvalue weighted by molar-refractivity contribution is 7.99. The number of aliphatic carboxylic acids is 1. The smallest absolute Gasteiger partial charge is 0.307 e. The Labute approximate surface area is 197 Å². The number of hydrogen-bond donors (Lipinski definition) is 2. The third kappa shape index (κ3) is 4.82. The summed E-state index contributed by atoms with van der Waals surface area (Å²) in [4.78, 5) is 23.7. The van der Waals surface area contributed by atoms with E-state index in [0.717, 1.165) is 54.6 Å². The Bertz CT molecular complexity index is 1180. The number of benzene rings is 2. The number of nitrogens with one attached hydrogen (secondary N) is 1. The normalized spacial score (nSPS) is 15.9. The van der Waals surface area contributed by atoms with Gasteiger partial charge < -0.3 is 15.2 Å². The molecule has 0 radical (unpaired) electrons. The number of rotatable bonds is 6.